The smallest absolute Gasteiger partial charge is 0.416 e. The molecule has 37 heavy (non-hydrogen) atoms. The minimum atomic E-state index is -4.49. The first-order chi connectivity index (χ1) is 17.5. The maximum absolute atomic E-state index is 13.6. The zero-order chi connectivity index (χ0) is 26.4. The van der Waals surface area contributed by atoms with Gasteiger partial charge in [-0.15, -0.1) is 0 Å². The molecule has 0 spiro atoms. The quantitative estimate of drug-likeness (QED) is 0.333. The molecule has 2 aromatic heterocycles. The summed E-state index contributed by atoms with van der Waals surface area (Å²) in [5.74, 6) is -0.128. The Labute approximate surface area is 212 Å². The van der Waals surface area contributed by atoms with Crippen molar-refractivity contribution in [2.24, 2.45) is 7.05 Å². The number of hydrogen-bond donors (Lipinski definition) is 0. The molecular weight excluding hydrogens is 503 g/mol. The molecule has 0 saturated carbocycles. The number of aromatic nitrogens is 3. The third kappa shape index (κ3) is 4.98. The van der Waals surface area contributed by atoms with Gasteiger partial charge in [-0.2, -0.15) is 18.3 Å². The van der Waals surface area contributed by atoms with E-state index in [0.717, 1.165) is 23.3 Å². The average Bonchev–Trinajstić information content (AvgIpc) is 3.27. The van der Waals surface area contributed by atoms with E-state index in [-0.39, 0.29) is 16.6 Å². The van der Waals surface area contributed by atoms with E-state index in [9.17, 15) is 21.6 Å². The summed E-state index contributed by atoms with van der Waals surface area (Å²) in [6.45, 7) is 2.16. The number of aryl methyl sites for hydroxylation is 2. The third-order valence-corrected chi connectivity index (χ3v) is 8.19. The van der Waals surface area contributed by atoms with E-state index < -0.39 is 21.6 Å². The molecule has 2 aromatic carbocycles. The van der Waals surface area contributed by atoms with Crippen molar-refractivity contribution in [1.29, 1.82) is 0 Å². The Balaban J connectivity index is 1.55. The highest BCUT2D eigenvalue weighted by atomic mass is 32.2. The molecule has 0 N–H and O–H groups in total. The van der Waals surface area contributed by atoms with Crippen molar-refractivity contribution < 1.29 is 26.3 Å². The van der Waals surface area contributed by atoms with Crippen LogP contribution >= 0.6 is 0 Å². The van der Waals surface area contributed by atoms with Crippen molar-refractivity contribution in [1.82, 2.24) is 14.8 Å². The predicted octanol–water partition coefficient (Wildman–Crippen LogP) is 5.70. The van der Waals surface area contributed by atoms with Gasteiger partial charge in [0.1, 0.15) is 5.75 Å². The van der Waals surface area contributed by atoms with Crippen LogP contribution in [0.2, 0.25) is 0 Å². The molecule has 4 aromatic rings. The number of sulfone groups is 1. The fourth-order valence-corrected chi connectivity index (χ4v) is 6.01. The second kappa shape index (κ2) is 9.33. The van der Waals surface area contributed by atoms with Crippen molar-refractivity contribution in [2.45, 2.75) is 36.1 Å². The topological polar surface area (TPSA) is 74.1 Å². The van der Waals surface area contributed by atoms with Crippen LogP contribution in [0.15, 0.2) is 71.9 Å². The monoisotopic (exact) mass is 527 g/mol. The largest absolute Gasteiger partial charge is 0.493 e. The number of nitrogens with zero attached hydrogens (tertiary/aromatic N) is 3. The molecule has 6 nitrogen and oxygen atoms in total. The maximum atomic E-state index is 13.6. The molecule has 5 rings (SSSR count). The number of alkyl halides is 3. The SMILES string of the molecule is Cc1ccnc(CS(=O)(=O)c2ccc3c(c2)OCC[C@H]3c2ccc(C(F)(F)F)cc2-c2ccnn2C)c1. The van der Waals surface area contributed by atoms with Gasteiger partial charge in [0.15, 0.2) is 9.84 Å². The first kappa shape index (κ1) is 25.0. The summed E-state index contributed by atoms with van der Waals surface area (Å²) in [5.41, 5.74) is 3.02. The van der Waals surface area contributed by atoms with Gasteiger partial charge < -0.3 is 4.74 Å². The van der Waals surface area contributed by atoms with E-state index in [1.165, 1.54) is 29.1 Å². The van der Waals surface area contributed by atoms with Gasteiger partial charge in [0, 0.05) is 36.5 Å². The van der Waals surface area contributed by atoms with Crippen molar-refractivity contribution in [3.8, 4) is 17.0 Å². The molecule has 1 aliphatic rings. The molecule has 0 unspecified atom stereocenters. The van der Waals surface area contributed by atoms with Crippen LogP contribution in [0.4, 0.5) is 13.2 Å². The van der Waals surface area contributed by atoms with E-state index in [1.807, 2.05) is 6.92 Å². The minimum absolute atomic E-state index is 0.106. The van der Waals surface area contributed by atoms with Crippen LogP contribution in [0.5, 0.6) is 5.75 Å². The van der Waals surface area contributed by atoms with Gasteiger partial charge in [-0.1, -0.05) is 12.1 Å². The predicted molar refractivity (Wildman–Crippen MR) is 132 cm³/mol. The first-order valence-corrected chi connectivity index (χ1v) is 13.3. The average molecular weight is 528 g/mol. The van der Waals surface area contributed by atoms with Crippen LogP contribution in [0.3, 0.4) is 0 Å². The summed E-state index contributed by atoms with van der Waals surface area (Å²) in [7, 11) is -2.02. The molecule has 0 amide bonds. The third-order valence-electron chi connectivity index (χ3n) is 6.55. The molecule has 192 valence electrons. The number of hydrogen-bond acceptors (Lipinski definition) is 5. The Kier molecular flexibility index (Phi) is 6.31. The van der Waals surface area contributed by atoms with E-state index in [0.29, 0.717) is 41.3 Å². The summed E-state index contributed by atoms with van der Waals surface area (Å²) >= 11 is 0. The molecule has 0 radical (unpaired) electrons. The lowest BCUT2D eigenvalue weighted by atomic mass is 9.83. The normalized spacial score (nSPS) is 15.8. The van der Waals surface area contributed by atoms with Crippen LogP contribution in [-0.4, -0.2) is 29.8 Å². The van der Waals surface area contributed by atoms with Crippen molar-refractivity contribution in [3.05, 3.63) is 94.9 Å². The zero-order valence-electron chi connectivity index (χ0n) is 20.2. The fourth-order valence-electron chi connectivity index (χ4n) is 4.74. The molecule has 0 bridgehead atoms. The lowest BCUT2D eigenvalue weighted by Gasteiger charge is -2.29. The summed E-state index contributed by atoms with van der Waals surface area (Å²) < 4.78 is 74.3. The number of fused-ring (bicyclic) bond motifs is 1. The second-order valence-electron chi connectivity index (χ2n) is 9.11. The first-order valence-electron chi connectivity index (χ1n) is 11.6. The van der Waals surface area contributed by atoms with E-state index >= 15 is 0 Å². The zero-order valence-corrected chi connectivity index (χ0v) is 21.0. The van der Waals surface area contributed by atoms with E-state index in [1.54, 1.807) is 37.5 Å². The molecule has 0 saturated heterocycles. The van der Waals surface area contributed by atoms with Gasteiger partial charge in [0.2, 0.25) is 0 Å². The maximum Gasteiger partial charge on any atom is 0.416 e. The van der Waals surface area contributed by atoms with Crippen molar-refractivity contribution in [2.75, 3.05) is 6.61 Å². The van der Waals surface area contributed by atoms with Crippen molar-refractivity contribution >= 4 is 9.84 Å². The van der Waals surface area contributed by atoms with Gasteiger partial charge in [-0.3, -0.25) is 9.67 Å². The Morgan fingerprint density at radius 1 is 1.03 bits per heavy atom. The summed E-state index contributed by atoms with van der Waals surface area (Å²) in [6.07, 6.45) is -0.848. The number of halogens is 3. The Hall–Kier alpha value is -3.66. The molecule has 1 aliphatic heterocycles. The number of rotatable bonds is 5. The number of benzene rings is 2. The Morgan fingerprint density at radius 3 is 2.51 bits per heavy atom. The van der Waals surface area contributed by atoms with Gasteiger partial charge >= 0.3 is 6.18 Å². The number of pyridine rings is 1. The summed E-state index contributed by atoms with van der Waals surface area (Å²) in [5, 5.41) is 4.13. The highest BCUT2D eigenvalue weighted by Crippen LogP contribution is 2.44. The van der Waals surface area contributed by atoms with Crippen LogP contribution in [0, 0.1) is 6.92 Å². The van der Waals surface area contributed by atoms with Gasteiger partial charge in [0.05, 0.1) is 34.2 Å². The lowest BCUT2D eigenvalue weighted by Crippen LogP contribution is -2.18. The molecule has 1 atom stereocenters. The molecule has 0 aliphatic carbocycles. The van der Waals surface area contributed by atoms with Gasteiger partial charge in [-0.05, 0) is 66.9 Å². The molecule has 0 fully saturated rings. The van der Waals surface area contributed by atoms with Gasteiger partial charge in [-0.25, -0.2) is 8.42 Å². The molecule has 10 heteroatoms. The van der Waals surface area contributed by atoms with E-state index in [2.05, 4.69) is 10.1 Å². The highest BCUT2D eigenvalue weighted by Gasteiger charge is 2.33. The number of ether oxygens (including phenoxy) is 1. The van der Waals surface area contributed by atoms with Gasteiger partial charge in [0.25, 0.3) is 0 Å². The Morgan fingerprint density at radius 2 is 1.81 bits per heavy atom. The molecular formula is C27H24F3N3O3S. The van der Waals surface area contributed by atoms with Crippen LogP contribution in [0.25, 0.3) is 11.3 Å². The van der Waals surface area contributed by atoms with Crippen molar-refractivity contribution in [3.63, 3.8) is 0 Å². The summed E-state index contributed by atoms with van der Waals surface area (Å²) in [4.78, 5) is 4.26. The molecule has 3 heterocycles. The van der Waals surface area contributed by atoms with Crippen LogP contribution < -0.4 is 4.74 Å². The fraction of sp³-hybridized carbons (Fsp3) is 0.259. The van der Waals surface area contributed by atoms with Crippen LogP contribution in [0.1, 0.15) is 40.3 Å². The van der Waals surface area contributed by atoms with Crippen LogP contribution in [-0.2, 0) is 28.8 Å². The lowest BCUT2D eigenvalue weighted by molar-refractivity contribution is -0.137. The summed E-state index contributed by atoms with van der Waals surface area (Å²) in [6, 6.07) is 13.7. The van der Waals surface area contributed by atoms with E-state index in [4.69, 9.17) is 4.74 Å². The second-order valence-corrected chi connectivity index (χ2v) is 11.1. The standard InChI is InChI=1S/C27H24F3N3O3S/c1-17-7-10-31-19(13-17)16-37(34,35)20-4-6-23-22(9-12-36-26(23)15-20)21-5-3-18(27(28,29)30)14-24(21)25-8-11-32-33(25)2/h3-8,10-11,13-15,22H,9,12,16H2,1-2H3/t22-/m0/s1. The highest BCUT2D eigenvalue weighted by molar-refractivity contribution is 7.90. The minimum Gasteiger partial charge on any atom is -0.493 e. The Bertz CT molecular complexity index is 1580.